The molecular formula is C30H30N4O4. The summed E-state index contributed by atoms with van der Waals surface area (Å²) in [7, 11) is 5.17. The van der Waals surface area contributed by atoms with E-state index in [0.717, 1.165) is 50.5 Å². The molecular weight excluding hydrogens is 480 g/mol. The number of aromatic nitrogens is 4. The fraction of sp³-hybridized carbons (Fsp3) is 0.300. The lowest BCUT2D eigenvalue weighted by Gasteiger charge is -2.36. The van der Waals surface area contributed by atoms with Crippen LogP contribution in [0.4, 0.5) is 0 Å². The smallest absolute Gasteiger partial charge is 0.183 e. The Labute approximate surface area is 220 Å². The first-order chi connectivity index (χ1) is 18.3. The number of imidazole rings is 1. The topological polar surface area (TPSA) is 79.9 Å². The van der Waals surface area contributed by atoms with E-state index in [1.165, 1.54) is 0 Å². The predicted molar refractivity (Wildman–Crippen MR) is 145 cm³/mol. The van der Waals surface area contributed by atoms with Crippen LogP contribution in [0.5, 0.6) is 11.5 Å². The quantitative estimate of drug-likeness (QED) is 0.289. The third-order valence-corrected chi connectivity index (χ3v) is 7.58. The molecule has 2 aromatic carbocycles. The molecule has 0 spiro atoms. The van der Waals surface area contributed by atoms with Crippen molar-refractivity contribution in [3.05, 3.63) is 77.6 Å². The summed E-state index contributed by atoms with van der Waals surface area (Å²) < 4.78 is 20.8. The minimum Gasteiger partial charge on any atom is -0.496 e. The lowest BCUT2D eigenvalue weighted by molar-refractivity contribution is -0.0545. The van der Waals surface area contributed by atoms with Gasteiger partial charge in [0.2, 0.25) is 0 Å². The summed E-state index contributed by atoms with van der Waals surface area (Å²) in [5.41, 5.74) is 5.86. The van der Waals surface area contributed by atoms with Crippen LogP contribution in [0.15, 0.2) is 54.9 Å². The van der Waals surface area contributed by atoms with Gasteiger partial charge < -0.3 is 18.8 Å². The van der Waals surface area contributed by atoms with Gasteiger partial charge in [-0.1, -0.05) is 18.2 Å². The first kappa shape index (κ1) is 24.2. The first-order valence-electron chi connectivity index (χ1n) is 12.6. The van der Waals surface area contributed by atoms with E-state index in [1.807, 2.05) is 67.2 Å². The van der Waals surface area contributed by atoms with Crippen molar-refractivity contribution in [3.8, 4) is 22.8 Å². The normalized spacial score (nSPS) is 14.6. The van der Waals surface area contributed by atoms with Crippen LogP contribution in [-0.4, -0.2) is 52.2 Å². The van der Waals surface area contributed by atoms with Gasteiger partial charge in [0.25, 0.3) is 0 Å². The number of Topliss-reactive ketones (excluding diaryl/α,β-unsaturated/α-hetero) is 1. The molecule has 8 heteroatoms. The van der Waals surface area contributed by atoms with E-state index in [9.17, 15) is 4.79 Å². The molecule has 5 aromatic rings. The molecule has 0 N–H and O–H groups in total. The number of hydrogen-bond acceptors (Lipinski definition) is 6. The summed E-state index contributed by atoms with van der Waals surface area (Å²) in [6, 6.07) is 13.6. The Morgan fingerprint density at radius 2 is 1.89 bits per heavy atom. The highest BCUT2D eigenvalue weighted by atomic mass is 16.5. The average Bonchev–Trinajstić information content (AvgIpc) is 3.47. The largest absolute Gasteiger partial charge is 0.496 e. The van der Waals surface area contributed by atoms with E-state index in [4.69, 9.17) is 19.2 Å². The second-order valence-electron chi connectivity index (χ2n) is 10.2. The van der Waals surface area contributed by atoms with Gasteiger partial charge in [0.05, 0.1) is 61.0 Å². The zero-order chi connectivity index (χ0) is 26.6. The molecule has 0 radical (unpaired) electrons. The fourth-order valence-electron chi connectivity index (χ4n) is 5.44. The molecule has 0 unspecified atom stereocenters. The van der Waals surface area contributed by atoms with Gasteiger partial charge in [-0.15, -0.1) is 0 Å². The van der Waals surface area contributed by atoms with Crippen molar-refractivity contribution in [2.75, 3.05) is 27.4 Å². The molecule has 194 valence electrons. The number of methoxy groups -OCH3 is 2. The van der Waals surface area contributed by atoms with Gasteiger partial charge in [-0.3, -0.25) is 14.2 Å². The maximum absolute atomic E-state index is 13.4. The van der Waals surface area contributed by atoms with E-state index in [-0.39, 0.29) is 17.6 Å². The summed E-state index contributed by atoms with van der Waals surface area (Å²) in [5, 5.41) is 0.917. The summed E-state index contributed by atoms with van der Waals surface area (Å²) >= 11 is 0. The minimum atomic E-state index is -0.146. The van der Waals surface area contributed by atoms with Crippen LogP contribution in [0.1, 0.15) is 34.5 Å². The van der Waals surface area contributed by atoms with Crippen molar-refractivity contribution in [3.63, 3.8) is 0 Å². The number of benzene rings is 2. The van der Waals surface area contributed by atoms with Gasteiger partial charge in [-0.05, 0) is 38.1 Å². The SMILES string of the molecule is COc1cc(-c2nc(C3(C)COC3)n3ccnc(C)c23)ccc1CC(=O)c1cc2c(OC)cccc2n1C. The van der Waals surface area contributed by atoms with Gasteiger partial charge in [0, 0.05) is 42.4 Å². The lowest BCUT2D eigenvalue weighted by Crippen LogP contribution is -2.45. The number of rotatable bonds is 7. The zero-order valence-electron chi connectivity index (χ0n) is 22.2. The minimum absolute atomic E-state index is 0.00415. The van der Waals surface area contributed by atoms with Crippen molar-refractivity contribution < 1.29 is 19.0 Å². The van der Waals surface area contributed by atoms with Crippen LogP contribution >= 0.6 is 0 Å². The van der Waals surface area contributed by atoms with E-state index in [1.54, 1.807) is 20.4 Å². The number of carbonyl (C=O) groups excluding carboxylic acids is 1. The Hall–Kier alpha value is -4.17. The summed E-state index contributed by atoms with van der Waals surface area (Å²) in [6.45, 7) is 5.43. The molecule has 0 amide bonds. The van der Waals surface area contributed by atoms with Crippen LogP contribution in [0.3, 0.4) is 0 Å². The Bertz CT molecular complexity index is 1710. The summed E-state index contributed by atoms with van der Waals surface area (Å²) in [6.07, 6.45) is 3.97. The van der Waals surface area contributed by atoms with Gasteiger partial charge in [0.1, 0.15) is 17.3 Å². The number of nitrogens with zero attached hydrogens (tertiary/aromatic N) is 4. The van der Waals surface area contributed by atoms with E-state index < -0.39 is 0 Å². The molecule has 0 aliphatic carbocycles. The number of fused-ring (bicyclic) bond motifs is 2. The zero-order valence-corrected chi connectivity index (χ0v) is 22.2. The van der Waals surface area contributed by atoms with Crippen molar-refractivity contribution in [1.82, 2.24) is 18.9 Å². The maximum atomic E-state index is 13.4. The Balaban J connectivity index is 1.38. The van der Waals surface area contributed by atoms with Gasteiger partial charge in [-0.25, -0.2) is 4.98 Å². The number of aryl methyl sites for hydroxylation is 2. The van der Waals surface area contributed by atoms with Crippen LogP contribution in [0.25, 0.3) is 27.7 Å². The van der Waals surface area contributed by atoms with Crippen molar-refractivity contribution >= 4 is 22.2 Å². The van der Waals surface area contributed by atoms with Crippen LogP contribution in [0, 0.1) is 6.92 Å². The van der Waals surface area contributed by atoms with E-state index in [2.05, 4.69) is 16.3 Å². The highest BCUT2D eigenvalue weighted by molar-refractivity contribution is 6.02. The number of ether oxygens (including phenoxy) is 3. The molecule has 1 aliphatic rings. The van der Waals surface area contributed by atoms with Gasteiger partial charge >= 0.3 is 0 Å². The molecule has 0 bridgehead atoms. The van der Waals surface area contributed by atoms with Crippen LogP contribution in [0.2, 0.25) is 0 Å². The molecule has 8 nitrogen and oxygen atoms in total. The predicted octanol–water partition coefficient (Wildman–Crippen LogP) is 4.93. The van der Waals surface area contributed by atoms with Crippen LogP contribution < -0.4 is 9.47 Å². The lowest BCUT2D eigenvalue weighted by atomic mass is 9.88. The van der Waals surface area contributed by atoms with Crippen molar-refractivity contribution in [1.29, 1.82) is 0 Å². The summed E-state index contributed by atoms with van der Waals surface area (Å²) in [4.78, 5) is 23.1. The molecule has 38 heavy (non-hydrogen) atoms. The molecule has 0 atom stereocenters. The standard InChI is InChI=1S/C30H30N4O4/c1-18-28-27(32-29(30(2)16-38-17-30)34(28)12-11-31-18)20-10-9-19(26(14-20)37-5)13-24(35)23-15-21-22(33(23)3)7-6-8-25(21)36-4/h6-12,14-15H,13,16-17H2,1-5H3. The Morgan fingerprint density at radius 1 is 1.11 bits per heavy atom. The fourth-order valence-corrected chi connectivity index (χ4v) is 5.44. The average molecular weight is 511 g/mol. The highest BCUT2D eigenvalue weighted by Gasteiger charge is 2.40. The second-order valence-corrected chi connectivity index (χ2v) is 10.2. The van der Waals surface area contributed by atoms with Gasteiger partial charge in [-0.2, -0.15) is 0 Å². The molecule has 1 fully saturated rings. The number of hydrogen-bond donors (Lipinski definition) is 0. The molecule has 0 saturated carbocycles. The van der Waals surface area contributed by atoms with E-state index >= 15 is 0 Å². The first-order valence-corrected chi connectivity index (χ1v) is 12.6. The van der Waals surface area contributed by atoms with Crippen LogP contribution in [-0.2, 0) is 23.6 Å². The Kier molecular flexibility index (Phi) is 5.72. The van der Waals surface area contributed by atoms with E-state index in [0.29, 0.717) is 24.7 Å². The highest BCUT2D eigenvalue weighted by Crippen LogP contribution is 2.37. The van der Waals surface area contributed by atoms with Crippen molar-refractivity contribution in [2.45, 2.75) is 25.7 Å². The van der Waals surface area contributed by atoms with Gasteiger partial charge in [0.15, 0.2) is 5.78 Å². The molecule has 1 aliphatic heterocycles. The maximum Gasteiger partial charge on any atom is 0.183 e. The number of ketones is 1. The molecule has 4 heterocycles. The summed E-state index contributed by atoms with van der Waals surface area (Å²) in [5.74, 6) is 2.36. The van der Waals surface area contributed by atoms with Crippen molar-refractivity contribution in [2.24, 2.45) is 7.05 Å². The third kappa shape index (κ3) is 3.67. The Morgan fingerprint density at radius 3 is 2.61 bits per heavy atom. The monoisotopic (exact) mass is 510 g/mol. The second kappa shape index (κ2) is 8.99. The third-order valence-electron chi connectivity index (χ3n) is 7.58. The molecule has 6 rings (SSSR count). The molecule has 3 aromatic heterocycles. The molecule has 1 saturated heterocycles. The number of carbonyl (C=O) groups is 1.